The van der Waals surface area contributed by atoms with Crippen molar-refractivity contribution >= 4 is 35.4 Å². The molecule has 0 aliphatic carbocycles. The standard InChI is InChI=1S/C31H43N9O4/c1-31(2,3)44-30(43)39-18-24(19-39)37-11-9-20-14-22(8-7-21(20)16-37)34-28-26(27(32)41)33-15-25(35-28)38-10-5-6-23(17-38)40-13-12-36(4)29(40)42/h7-8,14-15,23-24H,5-6,9-13,16-19H2,1-4H3,(H2,32,41)(H,34,35)/t23-/m1/s1. The topological polar surface area (TPSA) is 140 Å². The predicted octanol–water partition coefficient (Wildman–Crippen LogP) is 2.63. The van der Waals surface area contributed by atoms with Crippen molar-refractivity contribution in [1.82, 2.24) is 29.6 Å². The lowest BCUT2D eigenvalue weighted by Gasteiger charge is -2.46. The van der Waals surface area contributed by atoms with E-state index in [0.717, 1.165) is 57.7 Å². The minimum Gasteiger partial charge on any atom is -0.444 e. The van der Waals surface area contributed by atoms with Gasteiger partial charge in [0.1, 0.15) is 11.4 Å². The summed E-state index contributed by atoms with van der Waals surface area (Å²) in [6.45, 7) is 11.6. The Bertz CT molecular complexity index is 1440. The molecule has 3 saturated heterocycles. The fourth-order valence-electron chi connectivity index (χ4n) is 6.49. The highest BCUT2D eigenvalue weighted by Gasteiger charge is 2.38. The molecule has 3 fully saturated rings. The Hall–Kier alpha value is -4.13. The lowest BCUT2D eigenvalue weighted by Crippen LogP contribution is -2.62. The second kappa shape index (κ2) is 11.8. The van der Waals surface area contributed by atoms with Gasteiger partial charge in [-0.2, -0.15) is 0 Å². The molecule has 0 unspecified atom stereocenters. The molecule has 4 aliphatic heterocycles. The number of ether oxygens (including phenoxy) is 1. The van der Waals surface area contributed by atoms with Crippen molar-refractivity contribution in [3.63, 3.8) is 0 Å². The summed E-state index contributed by atoms with van der Waals surface area (Å²) in [6, 6.07) is 6.70. The Balaban J connectivity index is 1.11. The van der Waals surface area contributed by atoms with Crippen molar-refractivity contribution in [2.24, 2.45) is 5.73 Å². The molecule has 0 radical (unpaired) electrons. The minimum absolute atomic E-state index is 0.0698. The van der Waals surface area contributed by atoms with Crippen LogP contribution in [-0.4, -0.2) is 118 Å². The number of rotatable bonds is 6. The molecule has 5 heterocycles. The number of benzene rings is 1. The third-order valence-corrected chi connectivity index (χ3v) is 8.94. The first-order valence-electron chi connectivity index (χ1n) is 15.5. The molecule has 0 saturated carbocycles. The number of carbonyl (C=O) groups is 3. The van der Waals surface area contributed by atoms with Crippen molar-refractivity contribution < 1.29 is 19.1 Å². The highest BCUT2D eigenvalue weighted by atomic mass is 16.6. The van der Waals surface area contributed by atoms with Gasteiger partial charge in [-0.15, -0.1) is 0 Å². The van der Waals surface area contributed by atoms with Gasteiger partial charge in [0.2, 0.25) is 0 Å². The SMILES string of the molecule is CN1CCN([C@@H]2CCCN(c3cnc(C(N)=O)c(Nc4ccc5c(c4)CCN(C4CN(C(=O)OC(C)(C)C)C4)C5)n3)C2)C1=O. The number of hydrogen-bond donors (Lipinski definition) is 2. The highest BCUT2D eigenvalue weighted by Crippen LogP contribution is 2.30. The normalized spacial score (nSPS) is 21.3. The van der Waals surface area contributed by atoms with E-state index >= 15 is 0 Å². The van der Waals surface area contributed by atoms with E-state index in [2.05, 4.69) is 32.2 Å². The molecule has 4 amide bonds. The van der Waals surface area contributed by atoms with Gasteiger partial charge in [0.05, 0.1) is 12.2 Å². The van der Waals surface area contributed by atoms with Crippen molar-refractivity contribution in [3.8, 4) is 0 Å². The molecular weight excluding hydrogens is 562 g/mol. The van der Waals surface area contributed by atoms with Crippen LogP contribution in [0.1, 0.15) is 55.2 Å². The zero-order valence-electron chi connectivity index (χ0n) is 26.1. The van der Waals surface area contributed by atoms with E-state index in [1.807, 2.05) is 38.8 Å². The van der Waals surface area contributed by atoms with E-state index in [9.17, 15) is 14.4 Å². The van der Waals surface area contributed by atoms with Gasteiger partial charge in [-0.1, -0.05) is 6.07 Å². The lowest BCUT2D eigenvalue weighted by molar-refractivity contribution is -0.0180. The molecule has 0 spiro atoms. The summed E-state index contributed by atoms with van der Waals surface area (Å²) in [5, 5.41) is 3.31. The number of urea groups is 1. The number of nitrogens with one attached hydrogen (secondary N) is 1. The highest BCUT2D eigenvalue weighted by molar-refractivity contribution is 5.96. The molecule has 1 aromatic heterocycles. The predicted molar refractivity (Wildman–Crippen MR) is 166 cm³/mol. The van der Waals surface area contributed by atoms with Crippen LogP contribution in [0.15, 0.2) is 24.4 Å². The van der Waals surface area contributed by atoms with Crippen molar-refractivity contribution in [2.45, 2.75) is 64.3 Å². The Morgan fingerprint density at radius 2 is 1.84 bits per heavy atom. The fraction of sp³-hybridized carbons (Fsp3) is 0.581. The fourth-order valence-corrected chi connectivity index (χ4v) is 6.49. The number of amides is 4. The number of carbonyl (C=O) groups excluding carboxylic acids is 3. The average molecular weight is 606 g/mol. The second-order valence-electron chi connectivity index (χ2n) is 13.3. The molecule has 1 atom stereocenters. The Labute approximate surface area is 258 Å². The monoisotopic (exact) mass is 605 g/mol. The molecule has 4 aliphatic rings. The van der Waals surface area contributed by atoms with Gasteiger partial charge < -0.3 is 35.4 Å². The Morgan fingerprint density at radius 3 is 2.55 bits per heavy atom. The van der Waals surface area contributed by atoms with Crippen LogP contribution < -0.4 is 16.0 Å². The summed E-state index contributed by atoms with van der Waals surface area (Å²) in [7, 11) is 1.83. The quantitative estimate of drug-likeness (QED) is 0.509. The van der Waals surface area contributed by atoms with Crippen LogP contribution in [0.25, 0.3) is 0 Å². The number of nitrogens with two attached hydrogens (primary N) is 1. The number of likely N-dealkylation sites (N-methyl/N-ethyl adjacent to an activating group) is 1. The summed E-state index contributed by atoms with van der Waals surface area (Å²) in [6.07, 6.45) is 4.10. The molecular formula is C31H43N9O4. The first-order valence-corrected chi connectivity index (χ1v) is 15.5. The number of likely N-dealkylation sites (tertiary alicyclic amines) is 1. The maximum Gasteiger partial charge on any atom is 0.410 e. The van der Waals surface area contributed by atoms with Crippen LogP contribution in [-0.2, 0) is 17.7 Å². The first-order chi connectivity index (χ1) is 20.9. The molecule has 3 N–H and O–H groups in total. The van der Waals surface area contributed by atoms with Gasteiger partial charge in [-0.3, -0.25) is 9.69 Å². The molecule has 2 aromatic rings. The average Bonchev–Trinajstić information content (AvgIpc) is 3.29. The van der Waals surface area contributed by atoms with Crippen LogP contribution in [0.3, 0.4) is 0 Å². The van der Waals surface area contributed by atoms with E-state index in [1.54, 1.807) is 16.0 Å². The summed E-state index contributed by atoms with van der Waals surface area (Å²) < 4.78 is 5.50. The first kappa shape index (κ1) is 29.9. The number of anilines is 3. The molecule has 6 rings (SSSR count). The second-order valence-corrected chi connectivity index (χ2v) is 13.3. The summed E-state index contributed by atoms with van der Waals surface area (Å²) >= 11 is 0. The van der Waals surface area contributed by atoms with Gasteiger partial charge in [0.25, 0.3) is 5.91 Å². The maximum atomic E-state index is 12.6. The third-order valence-electron chi connectivity index (χ3n) is 8.94. The minimum atomic E-state index is -0.650. The largest absolute Gasteiger partial charge is 0.444 e. The summed E-state index contributed by atoms with van der Waals surface area (Å²) in [5.74, 6) is 0.322. The van der Waals surface area contributed by atoms with Crippen molar-refractivity contribution in [2.75, 3.05) is 63.1 Å². The number of primary amides is 1. The molecule has 0 bridgehead atoms. The molecule has 13 heteroatoms. The smallest absolute Gasteiger partial charge is 0.410 e. The summed E-state index contributed by atoms with van der Waals surface area (Å²) in [4.78, 5) is 56.4. The number of aromatic nitrogens is 2. The van der Waals surface area contributed by atoms with Gasteiger partial charge >= 0.3 is 12.1 Å². The number of piperidine rings is 1. The van der Waals surface area contributed by atoms with E-state index in [1.165, 1.54) is 11.1 Å². The van der Waals surface area contributed by atoms with E-state index in [-0.39, 0.29) is 23.9 Å². The number of nitrogens with zero attached hydrogens (tertiary/aromatic N) is 7. The molecule has 44 heavy (non-hydrogen) atoms. The van der Waals surface area contributed by atoms with Crippen molar-refractivity contribution in [1.29, 1.82) is 0 Å². The Morgan fingerprint density at radius 1 is 1.05 bits per heavy atom. The molecule has 13 nitrogen and oxygen atoms in total. The molecule has 1 aromatic carbocycles. The van der Waals surface area contributed by atoms with Crippen LogP contribution in [0.2, 0.25) is 0 Å². The van der Waals surface area contributed by atoms with E-state index in [0.29, 0.717) is 37.3 Å². The Kier molecular flexibility index (Phi) is 7.99. The lowest BCUT2D eigenvalue weighted by atomic mass is 9.96. The number of hydrogen-bond acceptors (Lipinski definition) is 9. The van der Waals surface area contributed by atoms with Crippen LogP contribution in [0.5, 0.6) is 0 Å². The third kappa shape index (κ3) is 6.23. The van der Waals surface area contributed by atoms with Crippen molar-refractivity contribution in [3.05, 3.63) is 41.2 Å². The van der Waals surface area contributed by atoms with Gasteiger partial charge in [-0.25, -0.2) is 19.6 Å². The van der Waals surface area contributed by atoms with E-state index < -0.39 is 11.5 Å². The number of fused-ring (bicyclic) bond motifs is 1. The van der Waals surface area contributed by atoms with Crippen LogP contribution in [0, 0.1) is 0 Å². The zero-order valence-corrected chi connectivity index (χ0v) is 26.1. The summed E-state index contributed by atoms with van der Waals surface area (Å²) in [5.41, 5.74) is 8.56. The van der Waals surface area contributed by atoms with Gasteiger partial charge in [0, 0.05) is 71.1 Å². The molecule has 236 valence electrons. The van der Waals surface area contributed by atoms with E-state index in [4.69, 9.17) is 15.5 Å². The van der Waals surface area contributed by atoms with Gasteiger partial charge in [-0.05, 0) is 63.3 Å². The maximum absolute atomic E-state index is 12.6. The van der Waals surface area contributed by atoms with Crippen LogP contribution >= 0.6 is 0 Å². The van der Waals surface area contributed by atoms with Crippen LogP contribution in [0.4, 0.5) is 26.9 Å². The zero-order chi connectivity index (χ0) is 31.2. The van der Waals surface area contributed by atoms with Gasteiger partial charge in [0.15, 0.2) is 11.5 Å².